The van der Waals surface area contributed by atoms with Gasteiger partial charge in [-0.3, -0.25) is 9.59 Å². The van der Waals surface area contributed by atoms with Crippen molar-refractivity contribution in [3.8, 4) is 0 Å². The van der Waals surface area contributed by atoms with Crippen LogP contribution in [0.4, 0.5) is 5.69 Å². The maximum atomic E-state index is 13.4. The van der Waals surface area contributed by atoms with Gasteiger partial charge >= 0.3 is 0 Å². The predicted octanol–water partition coefficient (Wildman–Crippen LogP) is 4.99. The van der Waals surface area contributed by atoms with E-state index < -0.39 is 6.04 Å². The number of nitrogens with zero attached hydrogens (tertiary/aromatic N) is 3. The van der Waals surface area contributed by atoms with Gasteiger partial charge in [-0.1, -0.05) is 64.1 Å². The topological polar surface area (TPSA) is 67.2 Å². The molecule has 0 saturated heterocycles. The van der Waals surface area contributed by atoms with Gasteiger partial charge in [0, 0.05) is 49.9 Å². The van der Waals surface area contributed by atoms with Crippen molar-refractivity contribution < 1.29 is 9.59 Å². The molecule has 4 rings (SSSR count). The second-order valence-corrected chi connectivity index (χ2v) is 9.87. The van der Waals surface area contributed by atoms with Crippen molar-refractivity contribution in [1.82, 2.24) is 14.5 Å². The number of anilines is 1. The molecule has 0 bridgehead atoms. The molecule has 1 aromatic heterocycles. The number of rotatable bonds is 7. The van der Waals surface area contributed by atoms with Gasteiger partial charge in [-0.2, -0.15) is 0 Å². The van der Waals surface area contributed by atoms with Crippen LogP contribution in [0, 0.1) is 5.92 Å². The second-order valence-electron chi connectivity index (χ2n) is 9.87. The van der Waals surface area contributed by atoms with E-state index in [0.29, 0.717) is 31.8 Å². The fraction of sp³-hybridized carbons (Fsp3) is 0.393. The molecular formula is C28H34N4O2. The fourth-order valence-electron chi connectivity index (χ4n) is 4.61. The molecule has 1 atom stereocenters. The molecule has 2 aromatic carbocycles. The summed E-state index contributed by atoms with van der Waals surface area (Å²) in [5.41, 5.74) is 4.07. The monoisotopic (exact) mass is 458 g/mol. The lowest BCUT2D eigenvalue weighted by atomic mass is 9.92. The van der Waals surface area contributed by atoms with Gasteiger partial charge in [0.05, 0.1) is 0 Å². The number of imidazole rings is 1. The Morgan fingerprint density at radius 2 is 1.82 bits per heavy atom. The maximum Gasteiger partial charge on any atom is 0.247 e. The molecule has 178 valence electrons. The minimum atomic E-state index is -0.522. The van der Waals surface area contributed by atoms with Crippen molar-refractivity contribution in [1.29, 1.82) is 0 Å². The van der Waals surface area contributed by atoms with E-state index in [0.717, 1.165) is 28.2 Å². The van der Waals surface area contributed by atoms with Crippen LogP contribution in [-0.2, 0) is 29.1 Å². The average Bonchev–Trinajstić information content (AvgIpc) is 3.26. The molecule has 0 fully saturated rings. The molecule has 0 spiro atoms. The van der Waals surface area contributed by atoms with Gasteiger partial charge in [0.2, 0.25) is 11.8 Å². The Bertz CT molecular complexity index is 1160. The second kappa shape index (κ2) is 10.2. The van der Waals surface area contributed by atoms with E-state index in [1.54, 1.807) is 4.90 Å². The van der Waals surface area contributed by atoms with Crippen LogP contribution >= 0.6 is 0 Å². The van der Waals surface area contributed by atoms with Gasteiger partial charge in [0.1, 0.15) is 11.9 Å². The van der Waals surface area contributed by atoms with Crippen LogP contribution in [0.5, 0.6) is 0 Å². The standard InChI is InChI=1S/C28H34N4O2/c1-19(2)14-26(33)32-18-23-10-6-5-9-22(23)16-25(32)28(34)30-24-11-7-8-21(15-24)17-31-13-12-29-27(31)20(3)4/h5-13,15,19-20,25H,14,16-18H2,1-4H3,(H,30,34). The van der Waals surface area contributed by atoms with Crippen molar-refractivity contribution >= 4 is 17.5 Å². The molecule has 2 amide bonds. The molecule has 0 aliphatic carbocycles. The Morgan fingerprint density at radius 3 is 2.56 bits per heavy atom. The van der Waals surface area contributed by atoms with E-state index in [1.165, 1.54) is 0 Å². The summed E-state index contributed by atoms with van der Waals surface area (Å²) < 4.78 is 2.13. The summed E-state index contributed by atoms with van der Waals surface area (Å²) in [4.78, 5) is 32.7. The first-order valence-corrected chi connectivity index (χ1v) is 12.1. The molecule has 1 N–H and O–H groups in total. The van der Waals surface area contributed by atoms with Crippen LogP contribution in [0.3, 0.4) is 0 Å². The zero-order valence-corrected chi connectivity index (χ0v) is 20.5. The number of benzene rings is 2. The van der Waals surface area contributed by atoms with Gasteiger partial charge < -0.3 is 14.8 Å². The van der Waals surface area contributed by atoms with Crippen LogP contribution in [-0.4, -0.2) is 32.3 Å². The highest BCUT2D eigenvalue weighted by Crippen LogP contribution is 2.26. The van der Waals surface area contributed by atoms with Crippen molar-refractivity contribution in [3.05, 3.63) is 83.4 Å². The third-order valence-electron chi connectivity index (χ3n) is 6.27. The zero-order valence-electron chi connectivity index (χ0n) is 20.5. The average molecular weight is 459 g/mol. The van der Waals surface area contributed by atoms with Gasteiger partial charge in [-0.25, -0.2) is 4.98 Å². The molecular weight excluding hydrogens is 424 g/mol. The van der Waals surface area contributed by atoms with E-state index in [4.69, 9.17) is 0 Å². The van der Waals surface area contributed by atoms with Crippen molar-refractivity contribution in [2.24, 2.45) is 5.92 Å². The summed E-state index contributed by atoms with van der Waals surface area (Å²) in [6.07, 6.45) is 4.77. The van der Waals surface area contributed by atoms with Gasteiger partial charge in [0.25, 0.3) is 0 Å². The van der Waals surface area contributed by atoms with E-state index in [2.05, 4.69) is 40.8 Å². The first-order valence-electron chi connectivity index (χ1n) is 12.1. The largest absolute Gasteiger partial charge is 0.330 e. The Labute approximate surface area is 202 Å². The molecule has 1 unspecified atom stereocenters. The smallest absolute Gasteiger partial charge is 0.247 e. The number of carbonyl (C=O) groups is 2. The summed E-state index contributed by atoms with van der Waals surface area (Å²) in [5, 5.41) is 3.08. The predicted molar refractivity (Wildman–Crippen MR) is 134 cm³/mol. The third kappa shape index (κ3) is 5.38. The zero-order chi connectivity index (χ0) is 24.2. The maximum absolute atomic E-state index is 13.4. The summed E-state index contributed by atoms with van der Waals surface area (Å²) in [6, 6.07) is 15.5. The highest BCUT2D eigenvalue weighted by atomic mass is 16.2. The highest BCUT2D eigenvalue weighted by molar-refractivity contribution is 5.97. The molecule has 2 heterocycles. The first-order chi connectivity index (χ1) is 16.3. The third-order valence-corrected chi connectivity index (χ3v) is 6.27. The summed E-state index contributed by atoms with van der Waals surface area (Å²) in [5.74, 6) is 1.49. The van der Waals surface area contributed by atoms with Crippen LogP contribution in [0.25, 0.3) is 0 Å². The van der Waals surface area contributed by atoms with E-state index in [9.17, 15) is 9.59 Å². The lowest BCUT2D eigenvalue weighted by Gasteiger charge is -2.36. The summed E-state index contributed by atoms with van der Waals surface area (Å²) >= 11 is 0. The van der Waals surface area contributed by atoms with Crippen LogP contribution < -0.4 is 5.32 Å². The Balaban J connectivity index is 1.53. The summed E-state index contributed by atoms with van der Waals surface area (Å²) in [7, 11) is 0. The lowest BCUT2D eigenvalue weighted by Crippen LogP contribution is -2.50. The molecule has 0 radical (unpaired) electrons. The Kier molecular flexibility index (Phi) is 7.15. The minimum absolute atomic E-state index is 0.0275. The van der Waals surface area contributed by atoms with Crippen molar-refractivity contribution in [2.45, 2.75) is 65.6 Å². The van der Waals surface area contributed by atoms with Gasteiger partial charge in [-0.05, 0) is 34.7 Å². The number of hydrogen-bond acceptors (Lipinski definition) is 3. The van der Waals surface area contributed by atoms with Crippen LogP contribution in [0.15, 0.2) is 60.9 Å². The molecule has 3 aromatic rings. The van der Waals surface area contributed by atoms with Gasteiger partial charge in [0.15, 0.2) is 0 Å². The van der Waals surface area contributed by atoms with Crippen LogP contribution in [0.1, 0.15) is 62.5 Å². The van der Waals surface area contributed by atoms with E-state index in [-0.39, 0.29) is 17.7 Å². The number of hydrogen-bond donors (Lipinski definition) is 1. The number of aromatic nitrogens is 2. The van der Waals surface area contributed by atoms with Crippen LogP contribution in [0.2, 0.25) is 0 Å². The highest BCUT2D eigenvalue weighted by Gasteiger charge is 2.34. The van der Waals surface area contributed by atoms with E-state index >= 15 is 0 Å². The summed E-state index contributed by atoms with van der Waals surface area (Å²) in [6.45, 7) is 9.47. The Morgan fingerprint density at radius 1 is 1.06 bits per heavy atom. The molecule has 6 nitrogen and oxygen atoms in total. The molecule has 1 aliphatic heterocycles. The number of amides is 2. The lowest BCUT2D eigenvalue weighted by molar-refractivity contribution is -0.140. The first kappa shape index (κ1) is 23.7. The molecule has 1 aliphatic rings. The van der Waals surface area contributed by atoms with E-state index in [1.807, 2.05) is 62.6 Å². The Hall–Kier alpha value is -3.41. The van der Waals surface area contributed by atoms with Crippen molar-refractivity contribution in [3.63, 3.8) is 0 Å². The number of nitrogens with one attached hydrogen (secondary N) is 1. The number of fused-ring (bicyclic) bond motifs is 1. The molecule has 0 saturated carbocycles. The van der Waals surface area contributed by atoms with Gasteiger partial charge in [-0.15, -0.1) is 0 Å². The molecule has 34 heavy (non-hydrogen) atoms. The fourth-order valence-corrected chi connectivity index (χ4v) is 4.61. The quantitative estimate of drug-likeness (QED) is 0.542. The minimum Gasteiger partial charge on any atom is -0.330 e. The number of carbonyl (C=O) groups excluding carboxylic acids is 2. The molecule has 6 heteroatoms. The van der Waals surface area contributed by atoms with Crippen molar-refractivity contribution in [2.75, 3.05) is 5.32 Å². The SMILES string of the molecule is CC(C)CC(=O)N1Cc2ccccc2CC1C(=O)Nc1cccc(Cn2ccnc2C(C)C)c1. The normalized spacial score (nSPS) is 15.5.